The molecule has 3 rings (SSSR count). The number of hydrazine groups is 1. The molecule has 2 aromatic rings. The number of amides is 4. The Morgan fingerprint density at radius 2 is 1.78 bits per heavy atom. The van der Waals surface area contributed by atoms with E-state index in [1.807, 2.05) is 0 Å². The molecule has 1 saturated heterocycles. The minimum Gasteiger partial charge on any atom is -0.497 e. The molecule has 7 nitrogen and oxygen atoms in total. The number of hydrogen-bond acceptors (Lipinski definition) is 4. The number of imide groups is 1. The molecule has 1 heterocycles. The summed E-state index contributed by atoms with van der Waals surface area (Å²) in [5.74, 6) is -0.971. The van der Waals surface area contributed by atoms with Crippen molar-refractivity contribution in [1.82, 2.24) is 15.8 Å². The molecule has 0 saturated carbocycles. The van der Waals surface area contributed by atoms with Gasteiger partial charge < -0.3 is 10.1 Å². The fraction of sp³-hybridized carbons (Fsp3) is 0.211. The quantitative estimate of drug-likeness (QED) is 0.786. The highest BCUT2D eigenvalue weighted by molar-refractivity contribution is 6.08. The SMILES string of the molecule is COc1ccc([C@]2(C)NC(=O)N(NC(=O)Cc3ccc(F)cc3)C2=O)cc1. The molecule has 4 amide bonds. The predicted molar refractivity (Wildman–Crippen MR) is 94.0 cm³/mol. The van der Waals surface area contributed by atoms with Gasteiger partial charge in [-0.05, 0) is 42.3 Å². The van der Waals surface area contributed by atoms with Crippen molar-refractivity contribution in [3.8, 4) is 5.75 Å². The number of carbonyl (C=O) groups is 3. The molecule has 0 bridgehead atoms. The van der Waals surface area contributed by atoms with E-state index in [0.29, 0.717) is 21.9 Å². The molecule has 27 heavy (non-hydrogen) atoms. The molecule has 2 N–H and O–H groups in total. The minimum absolute atomic E-state index is 0.101. The van der Waals surface area contributed by atoms with Gasteiger partial charge in [0.2, 0.25) is 5.91 Å². The second-order valence-electron chi connectivity index (χ2n) is 6.26. The number of nitrogens with zero attached hydrogens (tertiary/aromatic N) is 1. The summed E-state index contributed by atoms with van der Waals surface area (Å²) in [6.07, 6.45) is -0.101. The Morgan fingerprint density at radius 1 is 1.15 bits per heavy atom. The van der Waals surface area contributed by atoms with Crippen LogP contribution in [-0.4, -0.2) is 30.0 Å². The van der Waals surface area contributed by atoms with Crippen LogP contribution < -0.4 is 15.5 Å². The van der Waals surface area contributed by atoms with Gasteiger partial charge in [0.25, 0.3) is 5.91 Å². The lowest BCUT2D eigenvalue weighted by Crippen LogP contribution is -2.48. The summed E-state index contributed by atoms with van der Waals surface area (Å²) in [4.78, 5) is 37.2. The zero-order valence-corrected chi connectivity index (χ0v) is 14.8. The third-order valence-corrected chi connectivity index (χ3v) is 4.37. The van der Waals surface area contributed by atoms with E-state index in [1.54, 1.807) is 31.2 Å². The number of hydrogen-bond donors (Lipinski definition) is 2. The fourth-order valence-electron chi connectivity index (χ4n) is 2.81. The van der Waals surface area contributed by atoms with Crippen molar-refractivity contribution < 1.29 is 23.5 Å². The van der Waals surface area contributed by atoms with Gasteiger partial charge in [-0.3, -0.25) is 15.0 Å². The van der Waals surface area contributed by atoms with Gasteiger partial charge in [0.1, 0.15) is 17.1 Å². The summed E-state index contributed by atoms with van der Waals surface area (Å²) < 4.78 is 18.0. The highest BCUT2D eigenvalue weighted by Gasteiger charge is 2.50. The zero-order chi connectivity index (χ0) is 19.6. The summed E-state index contributed by atoms with van der Waals surface area (Å²) in [6, 6.07) is 11.3. The molecular formula is C19H18FN3O4. The van der Waals surface area contributed by atoms with Gasteiger partial charge in [-0.25, -0.2) is 9.18 Å². The summed E-state index contributed by atoms with van der Waals surface area (Å²) in [6.45, 7) is 1.56. The summed E-state index contributed by atoms with van der Waals surface area (Å²) >= 11 is 0. The summed E-state index contributed by atoms with van der Waals surface area (Å²) in [5.41, 5.74) is 2.10. The average Bonchev–Trinajstić information content (AvgIpc) is 2.88. The van der Waals surface area contributed by atoms with Crippen LogP contribution in [0.1, 0.15) is 18.1 Å². The summed E-state index contributed by atoms with van der Waals surface area (Å²) in [5, 5.41) is 3.26. The largest absolute Gasteiger partial charge is 0.497 e. The molecule has 0 spiro atoms. The van der Waals surface area contributed by atoms with Crippen molar-refractivity contribution in [2.24, 2.45) is 0 Å². The van der Waals surface area contributed by atoms with Gasteiger partial charge in [0.15, 0.2) is 0 Å². The molecule has 1 aliphatic rings. The van der Waals surface area contributed by atoms with E-state index in [1.165, 1.54) is 31.4 Å². The highest BCUT2D eigenvalue weighted by Crippen LogP contribution is 2.29. The lowest BCUT2D eigenvalue weighted by molar-refractivity contribution is -0.138. The van der Waals surface area contributed by atoms with E-state index in [0.717, 1.165) is 0 Å². The monoisotopic (exact) mass is 371 g/mol. The Bertz CT molecular complexity index is 883. The number of halogens is 1. The predicted octanol–water partition coefficient (Wildman–Crippen LogP) is 1.88. The number of carbonyl (C=O) groups excluding carboxylic acids is 3. The smallest absolute Gasteiger partial charge is 0.344 e. The first-order chi connectivity index (χ1) is 12.8. The first-order valence-electron chi connectivity index (χ1n) is 8.18. The standard InChI is InChI=1S/C19H18FN3O4/c1-19(13-5-9-15(27-2)10-6-13)17(25)23(18(26)21-19)22-16(24)11-12-3-7-14(20)8-4-12/h3-10H,11H2,1-2H3,(H,21,26)(H,22,24)/t19-/m0/s1. The molecule has 1 fully saturated rings. The van der Waals surface area contributed by atoms with E-state index < -0.39 is 29.2 Å². The third kappa shape index (κ3) is 3.59. The van der Waals surface area contributed by atoms with Crippen LogP contribution >= 0.6 is 0 Å². The van der Waals surface area contributed by atoms with E-state index in [-0.39, 0.29) is 6.42 Å². The number of ether oxygens (including phenoxy) is 1. The molecule has 0 unspecified atom stereocenters. The Morgan fingerprint density at radius 3 is 2.37 bits per heavy atom. The topological polar surface area (TPSA) is 87.7 Å². The summed E-state index contributed by atoms with van der Waals surface area (Å²) in [7, 11) is 1.53. The Hall–Kier alpha value is -3.42. The van der Waals surface area contributed by atoms with Crippen molar-refractivity contribution in [3.63, 3.8) is 0 Å². The van der Waals surface area contributed by atoms with Crippen LogP contribution in [0.15, 0.2) is 48.5 Å². The molecule has 1 atom stereocenters. The highest BCUT2D eigenvalue weighted by atomic mass is 19.1. The van der Waals surface area contributed by atoms with Crippen LogP contribution in [0.4, 0.5) is 9.18 Å². The van der Waals surface area contributed by atoms with Crippen molar-refractivity contribution in [2.45, 2.75) is 18.9 Å². The average molecular weight is 371 g/mol. The maximum atomic E-state index is 12.9. The van der Waals surface area contributed by atoms with Crippen LogP contribution in [0.2, 0.25) is 0 Å². The second kappa shape index (κ2) is 7.06. The third-order valence-electron chi connectivity index (χ3n) is 4.37. The molecule has 8 heteroatoms. The van der Waals surface area contributed by atoms with Gasteiger partial charge in [0.05, 0.1) is 13.5 Å². The van der Waals surface area contributed by atoms with E-state index in [4.69, 9.17) is 4.74 Å². The van der Waals surface area contributed by atoms with E-state index in [9.17, 15) is 18.8 Å². The molecule has 0 radical (unpaired) electrons. The van der Waals surface area contributed by atoms with Crippen LogP contribution in [0, 0.1) is 5.82 Å². The van der Waals surface area contributed by atoms with Gasteiger partial charge in [-0.15, -0.1) is 0 Å². The second-order valence-corrected chi connectivity index (χ2v) is 6.26. The molecule has 1 aliphatic heterocycles. The van der Waals surface area contributed by atoms with Gasteiger partial charge in [-0.2, -0.15) is 5.01 Å². The maximum absolute atomic E-state index is 12.9. The van der Waals surface area contributed by atoms with Crippen molar-refractivity contribution in [1.29, 1.82) is 0 Å². The van der Waals surface area contributed by atoms with Crippen LogP contribution in [0.25, 0.3) is 0 Å². The Labute approximate surface area is 155 Å². The Balaban J connectivity index is 1.73. The number of nitrogens with one attached hydrogen (secondary N) is 2. The number of methoxy groups -OCH3 is 1. The van der Waals surface area contributed by atoms with Crippen molar-refractivity contribution in [3.05, 3.63) is 65.5 Å². The molecule has 0 aromatic heterocycles. The lowest BCUT2D eigenvalue weighted by atomic mass is 9.92. The van der Waals surface area contributed by atoms with Gasteiger partial charge in [-0.1, -0.05) is 24.3 Å². The zero-order valence-electron chi connectivity index (χ0n) is 14.8. The number of urea groups is 1. The fourth-order valence-corrected chi connectivity index (χ4v) is 2.81. The van der Waals surface area contributed by atoms with E-state index in [2.05, 4.69) is 10.7 Å². The van der Waals surface area contributed by atoms with Crippen molar-refractivity contribution >= 4 is 17.8 Å². The van der Waals surface area contributed by atoms with Crippen molar-refractivity contribution in [2.75, 3.05) is 7.11 Å². The van der Waals surface area contributed by atoms with Crippen LogP contribution in [0.3, 0.4) is 0 Å². The first-order valence-corrected chi connectivity index (χ1v) is 8.18. The first kappa shape index (κ1) is 18.4. The Kier molecular flexibility index (Phi) is 4.81. The molecule has 2 aromatic carbocycles. The number of rotatable bonds is 5. The van der Waals surface area contributed by atoms with Gasteiger partial charge >= 0.3 is 6.03 Å². The van der Waals surface area contributed by atoms with Crippen LogP contribution in [0.5, 0.6) is 5.75 Å². The van der Waals surface area contributed by atoms with Gasteiger partial charge in [0, 0.05) is 0 Å². The van der Waals surface area contributed by atoms with E-state index >= 15 is 0 Å². The van der Waals surface area contributed by atoms with Crippen LogP contribution in [-0.2, 0) is 21.5 Å². The minimum atomic E-state index is -1.31. The molecular weight excluding hydrogens is 353 g/mol. The normalized spacial score (nSPS) is 19.0. The lowest BCUT2D eigenvalue weighted by Gasteiger charge is -2.22. The maximum Gasteiger partial charge on any atom is 0.344 e. The number of benzene rings is 2. The molecule has 140 valence electrons. The molecule has 0 aliphatic carbocycles.